The number of aliphatic hydroxyl groups is 1. The lowest BCUT2D eigenvalue weighted by Gasteiger charge is -2.17. The van der Waals surface area contributed by atoms with Crippen molar-refractivity contribution >= 4 is 11.3 Å². The molecule has 3 rings (SSSR count). The van der Waals surface area contributed by atoms with Crippen LogP contribution in [0.25, 0.3) is 0 Å². The van der Waals surface area contributed by atoms with E-state index in [0.717, 1.165) is 22.6 Å². The Morgan fingerprint density at radius 1 is 1.27 bits per heavy atom. The first-order chi connectivity index (χ1) is 10.6. The van der Waals surface area contributed by atoms with E-state index in [2.05, 4.69) is 12.2 Å². The van der Waals surface area contributed by atoms with Crippen molar-refractivity contribution in [2.45, 2.75) is 51.7 Å². The molecule has 1 heterocycles. The van der Waals surface area contributed by atoms with Crippen molar-refractivity contribution in [2.75, 3.05) is 6.54 Å². The van der Waals surface area contributed by atoms with Crippen LogP contribution in [0.5, 0.6) is 0 Å². The molecule has 1 aliphatic rings. The molecule has 2 N–H and O–H groups in total. The predicted molar refractivity (Wildman–Crippen MR) is 91.3 cm³/mol. The molecule has 2 atom stereocenters. The summed E-state index contributed by atoms with van der Waals surface area (Å²) in [6.45, 7) is 4.72. The number of nitrogens with zero attached hydrogens (tertiary/aromatic N) is 1. The Morgan fingerprint density at radius 2 is 2.05 bits per heavy atom. The standard InChI is InChI=1S/C18H24N2OS/c1-12-7-3-4-8-14(12)16(21)11-19-13(2)18-20-15-9-5-6-10-17(15)22-18/h3-4,7-8,13,16,19,21H,5-6,9-11H2,1-2H3. The summed E-state index contributed by atoms with van der Waals surface area (Å²) in [5.41, 5.74) is 3.44. The summed E-state index contributed by atoms with van der Waals surface area (Å²) in [7, 11) is 0. The number of fused-ring (bicyclic) bond motifs is 1. The molecule has 1 aromatic carbocycles. The monoisotopic (exact) mass is 316 g/mol. The summed E-state index contributed by atoms with van der Waals surface area (Å²) in [4.78, 5) is 6.26. The largest absolute Gasteiger partial charge is 0.387 e. The summed E-state index contributed by atoms with van der Waals surface area (Å²) < 4.78 is 0. The zero-order valence-corrected chi connectivity index (χ0v) is 14.1. The van der Waals surface area contributed by atoms with Crippen LogP contribution in [0.15, 0.2) is 24.3 Å². The quantitative estimate of drug-likeness (QED) is 0.884. The molecule has 0 saturated heterocycles. The second-order valence-corrected chi connectivity index (χ2v) is 7.25. The van der Waals surface area contributed by atoms with Gasteiger partial charge in [0.25, 0.3) is 0 Å². The Bertz CT molecular complexity index is 614. The number of aliphatic hydroxyl groups excluding tert-OH is 1. The molecule has 0 radical (unpaired) electrons. The second-order valence-electron chi connectivity index (χ2n) is 6.13. The summed E-state index contributed by atoms with van der Waals surface area (Å²) >= 11 is 1.84. The third-order valence-corrected chi connectivity index (χ3v) is 5.74. The first kappa shape index (κ1) is 15.7. The van der Waals surface area contributed by atoms with Crippen molar-refractivity contribution in [1.82, 2.24) is 10.3 Å². The SMILES string of the molecule is Cc1ccccc1C(O)CNC(C)c1nc2c(s1)CCCC2. The molecule has 3 nitrogen and oxygen atoms in total. The number of benzene rings is 1. The van der Waals surface area contributed by atoms with E-state index in [1.807, 2.05) is 42.5 Å². The van der Waals surface area contributed by atoms with Crippen LogP contribution in [0.2, 0.25) is 0 Å². The van der Waals surface area contributed by atoms with Crippen LogP contribution >= 0.6 is 11.3 Å². The smallest absolute Gasteiger partial charge is 0.110 e. The third-order valence-electron chi connectivity index (χ3n) is 4.40. The molecule has 0 spiro atoms. The van der Waals surface area contributed by atoms with Gasteiger partial charge in [-0.15, -0.1) is 11.3 Å². The Labute approximate surface area is 136 Å². The van der Waals surface area contributed by atoms with Crippen LogP contribution in [-0.4, -0.2) is 16.6 Å². The minimum atomic E-state index is -0.474. The molecule has 2 unspecified atom stereocenters. The summed E-state index contributed by atoms with van der Waals surface area (Å²) in [5, 5.41) is 15.0. The van der Waals surface area contributed by atoms with Gasteiger partial charge in [-0.2, -0.15) is 0 Å². The van der Waals surface area contributed by atoms with E-state index in [0.29, 0.717) is 6.54 Å². The van der Waals surface area contributed by atoms with E-state index in [9.17, 15) is 5.11 Å². The van der Waals surface area contributed by atoms with E-state index in [1.165, 1.54) is 29.8 Å². The van der Waals surface area contributed by atoms with Crippen LogP contribution in [0, 0.1) is 6.92 Å². The minimum absolute atomic E-state index is 0.189. The number of nitrogens with one attached hydrogen (secondary N) is 1. The normalized spacial score (nSPS) is 17.0. The molecule has 0 saturated carbocycles. The third kappa shape index (κ3) is 3.40. The number of aryl methyl sites for hydroxylation is 3. The zero-order valence-electron chi connectivity index (χ0n) is 13.3. The Morgan fingerprint density at radius 3 is 2.82 bits per heavy atom. The topological polar surface area (TPSA) is 45.1 Å². The first-order valence-corrected chi connectivity index (χ1v) is 8.92. The average Bonchev–Trinajstić information content (AvgIpc) is 2.97. The average molecular weight is 316 g/mol. The molecule has 0 amide bonds. The van der Waals surface area contributed by atoms with E-state index >= 15 is 0 Å². The molecule has 0 fully saturated rings. The number of thiazole rings is 1. The lowest BCUT2D eigenvalue weighted by molar-refractivity contribution is 0.170. The van der Waals surface area contributed by atoms with Gasteiger partial charge in [-0.25, -0.2) is 4.98 Å². The van der Waals surface area contributed by atoms with Crippen LogP contribution in [0.4, 0.5) is 0 Å². The lowest BCUT2D eigenvalue weighted by Crippen LogP contribution is -2.25. The highest BCUT2D eigenvalue weighted by molar-refractivity contribution is 7.11. The van der Waals surface area contributed by atoms with E-state index in [-0.39, 0.29) is 6.04 Å². The van der Waals surface area contributed by atoms with Gasteiger partial charge in [0.05, 0.1) is 17.8 Å². The van der Waals surface area contributed by atoms with E-state index in [4.69, 9.17) is 4.98 Å². The molecule has 1 aliphatic carbocycles. The lowest BCUT2D eigenvalue weighted by atomic mass is 10.0. The maximum atomic E-state index is 10.4. The molecule has 2 aromatic rings. The second kappa shape index (κ2) is 6.90. The Kier molecular flexibility index (Phi) is 4.91. The van der Waals surface area contributed by atoms with Gasteiger partial charge in [0.2, 0.25) is 0 Å². The van der Waals surface area contributed by atoms with E-state index < -0.39 is 6.10 Å². The Balaban J connectivity index is 1.61. The molecule has 4 heteroatoms. The van der Waals surface area contributed by atoms with Gasteiger partial charge in [0.15, 0.2) is 0 Å². The molecule has 0 aliphatic heterocycles. The van der Waals surface area contributed by atoms with Gasteiger partial charge in [0.1, 0.15) is 5.01 Å². The molecular weight excluding hydrogens is 292 g/mol. The Hall–Kier alpha value is -1.23. The fourth-order valence-corrected chi connectivity index (χ4v) is 4.18. The van der Waals surface area contributed by atoms with Crippen molar-refractivity contribution in [2.24, 2.45) is 0 Å². The number of hydrogen-bond acceptors (Lipinski definition) is 4. The molecular formula is C18H24N2OS. The molecule has 1 aromatic heterocycles. The fraction of sp³-hybridized carbons (Fsp3) is 0.500. The number of rotatable bonds is 5. The van der Waals surface area contributed by atoms with Crippen LogP contribution in [0.3, 0.4) is 0 Å². The molecule has 118 valence electrons. The highest BCUT2D eigenvalue weighted by Crippen LogP contribution is 2.30. The number of hydrogen-bond donors (Lipinski definition) is 2. The maximum Gasteiger partial charge on any atom is 0.110 e. The van der Waals surface area contributed by atoms with Crippen LogP contribution in [0.1, 0.15) is 58.6 Å². The first-order valence-electron chi connectivity index (χ1n) is 8.10. The molecule has 0 bridgehead atoms. The van der Waals surface area contributed by atoms with Gasteiger partial charge in [-0.1, -0.05) is 24.3 Å². The van der Waals surface area contributed by atoms with Gasteiger partial charge in [0, 0.05) is 11.4 Å². The molecule has 22 heavy (non-hydrogen) atoms. The van der Waals surface area contributed by atoms with Gasteiger partial charge >= 0.3 is 0 Å². The van der Waals surface area contributed by atoms with Gasteiger partial charge < -0.3 is 10.4 Å². The van der Waals surface area contributed by atoms with Gasteiger partial charge in [-0.05, 0) is 50.7 Å². The maximum absolute atomic E-state index is 10.4. The van der Waals surface area contributed by atoms with Crippen LogP contribution < -0.4 is 5.32 Å². The van der Waals surface area contributed by atoms with Crippen molar-refractivity contribution in [3.63, 3.8) is 0 Å². The van der Waals surface area contributed by atoms with E-state index in [1.54, 1.807) is 0 Å². The minimum Gasteiger partial charge on any atom is -0.387 e. The zero-order chi connectivity index (χ0) is 15.5. The highest BCUT2D eigenvalue weighted by atomic mass is 32.1. The van der Waals surface area contributed by atoms with Gasteiger partial charge in [-0.3, -0.25) is 0 Å². The summed E-state index contributed by atoms with van der Waals surface area (Å²) in [6, 6.07) is 8.20. The summed E-state index contributed by atoms with van der Waals surface area (Å²) in [5.74, 6) is 0. The van der Waals surface area contributed by atoms with Crippen LogP contribution in [-0.2, 0) is 12.8 Å². The fourth-order valence-electron chi connectivity index (χ4n) is 3.00. The van der Waals surface area contributed by atoms with Crippen molar-refractivity contribution in [3.8, 4) is 0 Å². The number of aromatic nitrogens is 1. The van der Waals surface area contributed by atoms with Crippen molar-refractivity contribution in [1.29, 1.82) is 0 Å². The highest BCUT2D eigenvalue weighted by Gasteiger charge is 2.19. The predicted octanol–water partition coefficient (Wildman–Crippen LogP) is 3.71. The van der Waals surface area contributed by atoms with Crippen molar-refractivity contribution in [3.05, 3.63) is 51.0 Å². The van der Waals surface area contributed by atoms with Crippen molar-refractivity contribution < 1.29 is 5.11 Å². The summed E-state index contributed by atoms with van der Waals surface area (Å²) in [6.07, 6.45) is 4.40.